The molecule has 1 aliphatic heterocycles. The first-order chi connectivity index (χ1) is 10.5. The predicted molar refractivity (Wildman–Crippen MR) is 86.2 cm³/mol. The highest BCUT2D eigenvalue weighted by Gasteiger charge is 2.31. The summed E-state index contributed by atoms with van der Waals surface area (Å²) in [6.45, 7) is 5.01. The maximum absolute atomic E-state index is 14.0. The van der Waals surface area contributed by atoms with Crippen molar-refractivity contribution in [2.45, 2.75) is 26.1 Å². The standard InChI is InChI=1S/C15H21FN6/c1-8-5-9(2)18-14-12(8)13(17-3)20-15(21-14)19-11-7-22(4)6-10(11)16/h5,10-11H,6-7H2,1-4H3,(H2,17,18,19,20,21)/t10-,11+/m1/s1. The van der Waals surface area contributed by atoms with Gasteiger partial charge in [0.25, 0.3) is 0 Å². The quantitative estimate of drug-likeness (QED) is 0.900. The number of aryl methyl sites for hydroxylation is 2. The van der Waals surface area contributed by atoms with Crippen LogP contribution in [-0.4, -0.2) is 59.3 Å². The lowest BCUT2D eigenvalue weighted by Crippen LogP contribution is -2.30. The normalized spacial score (nSPS) is 22.2. The molecule has 0 aliphatic carbocycles. The molecule has 0 unspecified atom stereocenters. The number of pyridine rings is 1. The van der Waals surface area contributed by atoms with Gasteiger partial charge in [-0.15, -0.1) is 0 Å². The number of likely N-dealkylation sites (N-methyl/N-ethyl adjacent to an activating group) is 1. The van der Waals surface area contributed by atoms with Crippen LogP contribution in [0, 0.1) is 13.8 Å². The van der Waals surface area contributed by atoms with Crippen LogP contribution in [0.1, 0.15) is 11.3 Å². The van der Waals surface area contributed by atoms with E-state index in [1.165, 1.54) is 0 Å². The number of hydrogen-bond donors (Lipinski definition) is 2. The molecule has 2 aromatic heterocycles. The van der Waals surface area contributed by atoms with E-state index in [1.807, 2.05) is 38.9 Å². The molecule has 0 amide bonds. The van der Waals surface area contributed by atoms with Gasteiger partial charge in [0.1, 0.15) is 12.0 Å². The zero-order valence-corrected chi connectivity index (χ0v) is 13.3. The summed E-state index contributed by atoms with van der Waals surface area (Å²) >= 11 is 0. The van der Waals surface area contributed by atoms with Crippen molar-refractivity contribution in [2.75, 3.05) is 37.8 Å². The molecule has 2 aromatic rings. The molecule has 118 valence electrons. The monoisotopic (exact) mass is 304 g/mol. The molecule has 22 heavy (non-hydrogen) atoms. The number of rotatable bonds is 3. The fraction of sp³-hybridized carbons (Fsp3) is 0.533. The number of aromatic nitrogens is 3. The number of alkyl halides is 1. The summed E-state index contributed by atoms with van der Waals surface area (Å²) in [6, 6.07) is 1.71. The maximum Gasteiger partial charge on any atom is 0.227 e. The number of nitrogens with zero attached hydrogens (tertiary/aromatic N) is 4. The third-order valence-corrected chi connectivity index (χ3v) is 3.97. The molecule has 3 heterocycles. The number of likely N-dealkylation sites (tertiary alicyclic amines) is 1. The third kappa shape index (κ3) is 2.68. The van der Waals surface area contributed by atoms with Gasteiger partial charge in [-0.2, -0.15) is 9.97 Å². The van der Waals surface area contributed by atoms with Crippen molar-refractivity contribution in [1.29, 1.82) is 0 Å². The number of hydrogen-bond acceptors (Lipinski definition) is 6. The average molecular weight is 304 g/mol. The molecular formula is C15H21FN6. The molecule has 0 saturated carbocycles. The summed E-state index contributed by atoms with van der Waals surface area (Å²) < 4.78 is 14.0. The van der Waals surface area contributed by atoms with Gasteiger partial charge in [-0.1, -0.05) is 0 Å². The minimum atomic E-state index is -0.922. The molecule has 2 N–H and O–H groups in total. The Hall–Kier alpha value is -2.02. The van der Waals surface area contributed by atoms with Crippen molar-refractivity contribution < 1.29 is 4.39 Å². The summed E-state index contributed by atoms with van der Waals surface area (Å²) in [4.78, 5) is 15.4. The smallest absolute Gasteiger partial charge is 0.227 e. The van der Waals surface area contributed by atoms with E-state index >= 15 is 0 Å². The van der Waals surface area contributed by atoms with E-state index in [4.69, 9.17) is 0 Å². The summed E-state index contributed by atoms with van der Waals surface area (Å²) in [6.07, 6.45) is -0.922. The largest absolute Gasteiger partial charge is 0.372 e. The van der Waals surface area contributed by atoms with E-state index in [1.54, 1.807) is 0 Å². The van der Waals surface area contributed by atoms with Gasteiger partial charge in [0.2, 0.25) is 5.95 Å². The second-order valence-corrected chi connectivity index (χ2v) is 5.91. The molecule has 1 fully saturated rings. The van der Waals surface area contributed by atoms with Gasteiger partial charge >= 0.3 is 0 Å². The lowest BCUT2D eigenvalue weighted by atomic mass is 10.1. The number of anilines is 2. The maximum atomic E-state index is 14.0. The predicted octanol–water partition coefficient (Wildman–Crippen LogP) is 1.75. The molecule has 1 aliphatic rings. The first kappa shape index (κ1) is 14.9. The van der Waals surface area contributed by atoms with Crippen molar-refractivity contribution in [3.8, 4) is 0 Å². The SMILES string of the molecule is CNc1nc(N[C@H]2CN(C)C[C@H]2F)nc2nc(C)cc(C)c12. The zero-order valence-electron chi connectivity index (χ0n) is 13.3. The minimum Gasteiger partial charge on any atom is -0.372 e. The molecule has 7 heteroatoms. The van der Waals surface area contributed by atoms with E-state index in [0.29, 0.717) is 30.5 Å². The van der Waals surface area contributed by atoms with Crippen LogP contribution in [-0.2, 0) is 0 Å². The Morgan fingerprint density at radius 1 is 1.23 bits per heavy atom. The van der Waals surface area contributed by atoms with Crippen LogP contribution in [0.5, 0.6) is 0 Å². The molecule has 0 aromatic carbocycles. The topological polar surface area (TPSA) is 66.0 Å². The average Bonchev–Trinajstić information content (AvgIpc) is 2.75. The first-order valence-electron chi connectivity index (χ1n) is 7.41. The van der Waals surface area contributed by atoms with Gasteiger partial charge in [-0.05, 0) is 32.5 Å². The Morgan fingerprint density at radius 2 is 2.00 bits per heavy atom. The second-order valence-electron chi connectivity index (χ2n) is 5.91. The molecular weight excluding hydrogens is 283 g/mol. The lowest BCUT2D eigenvalue weighted by molar-refractivity contribution is 0.314. The van der Waals surface area contributed by atoms with Crippen LogP contribution in [0.25, 0.3) is 11.0 Å². The van der Waals surface area contributed by atoms with Crippen molar-refractivity contribution in [2.24, 2.45) is 0 Å². The number of halogens is 1. The second kappa shape index (κ2) is 5.64. The van der Waals surface area contributed by atoms with Crippen molar-refractivity contribution >= 4 is 22.8 Å². The summed E-state index contributed by atoms with van der Waals surface area (Å²) in [5.41, 5.74) is 2.60. The highest BCUT2D eigenvalue weighted by atomic mass is 19.1. The van der Waals surface area contributed by atoms with Crippen molar-refractivity contribution in [3.63, 3.8) is 0 Å². The van der Waals surface area contributed by atoms with Crippen LogP contribution in [0.4, 0.5) is 16.2 Å². The molecule has 1 saturated heterocycles. The van der Waals surface area contributed by atoms with Gasteiger partial charge in [-0.3, -0.25) is 0 Å². The Bertz CT molecular complexity index is 704. The highest BCUT2D eigenvalue weighted by Crippen LogP contribution is 2.25. The van der Waals surface area contributed by atoms with Gasteiger partial charge in [-0.25, -0.2) is 9.37 Å². The summed E-state index contributed by atoms with van der Waals surface area (Å²) in [5, 5.41) is 7.09. The van der Waals surface area contributed by atoms with Crippen LogP contribution < -0.4 is 10.6 Å². The van der Waals surface area contributed by atoms with Crippen molar-refractivity contribution in [3.05, 3.63) is 17.3 Å². The van der Waals surface area contributed by atoms with E-state index in [-0.39, 0.29) is 6.04 Å². The van der Waals surface area contributed by atoms with Gasteiger partial charge in [0.15, 0.2) is 5.65 Å². The van der Waals surface area contributed by atoms with Gasteiger partial charge in [0, 0.05) is 25.8 Å². The summed E-state index contributed by atoms with van der Waals surface area (Å²) in [7, 11) is 3.72. The Kier molecular flexibility index (Phi) is 3.82. The van der Waals surface area contributed by atoms with Crippen LogP contribution in [0.3, 0.4) is 0 Å². The van der Waals surface area contributed by atoms with E-state index in [2.05, 4.69) is 25.6 Å². The Labute approximate surface area is 129 Å². The molecule has 3 rings (SSSR count). The molecule has 0 radical (unpaired) electrons. The molecule has 6 nitrogen and oxygen atoms in total. The third-order valence-electron chi connectivity index (χ3n) is 3.97. The lowest BCUT2D eigenvalue weighted by Gasteiger charge is -2.16. The van der Waals surface area contributed by atoms with E-state index in [9.17, 15) is 4.39 Å². The zero-order chi connectivity index (χ0) is 15.9. The molecule has 2 atom stereocenters. The molecule has 0 bridgehead atoms. The van der Waals surface area contributed by atoms with Crippen molar-refractivity contribution in [1.82, 2.24) is 19.9 Å². The molecule has 0 spiro atoms. The van der Waals surface area contributed by atoms with Crippen LogP contribution in [0.15, 0.2) is 6.07 Å². The van der Waals surface area contributed by atoms with Crippen LogP contribution in [0.2, 0.25) is 0 Å². The fourth-order valence-electron chi connectivity index (χ4n) is 2.97. The number of fused-ring (bicyclic) bond motifs is 1. The first-order valence-corrected chi connectivity index (χ1v) is 7.41. The Balaban J connectivity index is 2.00. The van der Waals surface area contributed by atoms with Gasteiger partial charge in [0.05, 0.1) is 11.4 Å². The Morgan fingerprint density at radius 3 is 2.64 bits per heavy atom. The van der Waals surface area contributed by atoms with Gasteiger partial charge < -0.3 is 15.5 Å². The van der Waals surface area contributed by atoms with Crippen LogP contribution >= 0.6 is 0 Å². The van der Waals surface area contributed by atoms with E-state index in [0.717, 1.165) is 16.6 Å². The highest BCUT2D eigenvalue weighted by molar-refractivity contribution is 5.90. The van der Waals surface area contributed by atoms with E-state index < -0.39 is 6.17 Å². The number of nitrogens with one attached hydrogen (secondary N) is 2. The minimum absolute atomic E-state index is 0.293. The fourth-order valence-corrected chi connectivity index (χ4v) is 2.97. The summed E-state index contributed by atoms with van der Waals surface area (Å²) in [5.74, 6) is 1.12.